The largest absolute Gasteiger partial charge is 0.483 e. The quantitative estimate of drug-likeness (QED) is 0.426. The fourth-order valence-electron chi connectivity index (χ4n) is 3.53. The number of anilines is 1. The van der Waals surface area contributed by atoms with Crippen LogP contribution in [0, 0.1) is 0 Å². The van der Waals surface area contributed by atoms with E-state index in [-0.39, 0.29) is 12.5 Å². The van der Waals surface area contributed by atoms with Crippen LogP contribution in [0.2, 0.25) is 0 Å². The second-order valence-corrected chi connectivity index (χ2v) is 9.50. The monoisotopic (exact) mass is 450 g/mol. The van der Waals surface area contributed by atoms with Crippen molar-refractivity contribution in [1.29, 1.82) is 0 Å². The summed E-state index contributed by atoms with van der Waals surface area (Å²) in [6.45, 7) is 2.64. The molecule has 1 aliphatic carbocycles. The molecule has 0 unspecified atom stereocenters. The van der Waals surface area contributed by atoms with Gasteiger partial charge in [0.25, 0.3) is 6.47 Å². The maximum Gasteiger partial charge on any atom is 0.323 e. The molecule has 2 heterocycles. The number of aryl methyl sites for hydroxylation is 1. The Balaban J connectivity index is 0.00000101. The Morgan fingerprint density at radius 1 is 1.37 bits per heavy atom. The average molecular weight is 451 g/mol. The van der Waals surface area contributed by atoms with E-state index < -0.39 is 0 Å². The Hall–Kier alpha value is -2.13. The molecule has 0 spiro atoms. The van der Waals surface area contributed by atoms with Gasteiger partial charge >= 0.3 is 6.03 Å². The Morgan fingerprint density at radius 3 is 2.80 bits per heavy atom. The zero-order chi connectivity index (χ0) is 21.6. The van der Waals surface area contributed by atoms with Crippen LogP contribution in [0.1, 0.15) is 51.0 Å². The van der Waals surface area contributed by atoms with Crippen LogP contribution >= 0.6 is 23.1 Å². The minimum Gasteiger partial charge on any atom is -0.483 e. The van der Waals surface area contributed by atoms with Crippen LogP contribution in [0.15, 0.2) is 34.9 Å². The minimum absolute atomic E-state index is 0.00418. The Kier molecular flexibility index (Phi) is 11.2. The number of hydrogen-bond donors (Lipinski definition) is 2. The third-order valence-corrected chi connectivity index (χ3v) is 6.84. The molecule has 2 aromatic heterocycles. The second kappa shape index (κ2) is 14.0. The highest BCUT2D eigenvalue weighted by Crippen LogP contribution is 2.29. The Bertz CT molecular complexity index is 752. The van der Waals surface area contributed by atoms with Gasteiger partial charge in [0.2, 0.25) is 0 Å². The van der Waals surface area contributed by atoms with Gasteiger partial charge < -0.3 is 10.0 Å². The molecule has 7 nitrogen and oxygen atoms in total. The molecule has 0 saturated heterocycles. The number of carbonyl (C=O) groups is 2. The summed E-state index contributed by atoms with van der Waals surface area (Å²) in [6, 6.07) is 4.41. The highest BCUT2D eigenvalue weighted by Gasteiger charge is 2.25. The summed E-state index contributed by atoms with van der Waals surface area (Å²) >= 11 is 3.31. The number of amides is 2. The molecule has 164 valence electrons. The molecule has 0 bridgehead atoms. The van der Waals surface area contributed by atoms with E-state index in [1.165, 1.54) is 24.8 Å². The van der Waals surface area contributed by atoms with Gasteiger partial charge in [0.1, 0.15) is 0 Å². The molecule has 3 rings (SSSR count). The first kappa shape index (κ1) is 24.1. The first-order valence-corrected chi connectivity index (χ1v) is 12.1. The van der Waals surface area contributed by atoms with E-state index in [2.05, 4.69) is 28.3 Å². The van der Waals surface area contributed by atoms with Crippen molar-refractivity contribution in [2.24, 2.45) is 0 Å². The van der Waals surface area contributed by atoms with Gasteiger partial charge in [0.05, 0.1) is 10.4 Å². The number of urea groups is 1. The number of thiazole rings is 1. The summed E-state index contributed by atoms with van der Waals surface area (Å²) < 4.78 is 1.15. The van der Waals surface area contributed by atoms with Crippen LogP contribution < -0.4 is 5.32 Å². The molecule has 9 heteroatoms. The molecule has 0 radical (unpaired) electrons. The fraction of sp³-hybridized carbons (Fsp3) is 0.524. The van der Waals surface area contributed by atoms with E-state index in [1.54, 1.807) is 29.3 Å². The standard InChI is InChI=1S/C20H28N4OS2.CH2O2/c1-2-26-18-15-22-19(27-18)23-20(25)24(17-10-4-3-5-11-17)13-7-9-16-8-6-12-21-14-16;2-1-3/h6,8,12,14-15,17H,2-5,7,9-11,13H2,1H3,(H,22,23,25);1H,(H,2,3). The van der Waals surface area contributed by atoms with Crippen LogP contribution in [-0.2, 0) is 11.2 Å². The van der Waals surface area contributed by atoms with Crippen molar-refractivity contribution < 1.29 is 14.7 Å². The molecule has 2 amide bonds. The smallest absolute Gasteiger partial charge is 0.323 e. The molecule has 0 aromatic carbocycles. The molecule has 1 fully saturated rings. The number of pyridine rings is 1. The van der Waals surface area contributed by atoms with Gasteiger partial charge in [-0.3, -0.25) is 15.1 Å². The van der Waals surface area contributed by atoms with Crippen LogP contribution in [0.3, 0.4) is 0 Å². The lowest BCUT2D eigenvalue weighted by molar-refractivity contribution is -0.122. The van der Waals surface area contributed by atoms with Gasteiger partial charge in [-0.2, -0.15) is 0 Å². The van der Waals surface area contributed by atoms with E-state index in [0.29, 0.717) is 11.2 Å². The van der Waals surface area contributed by atoms with Crippen molar-refractivity contribution in [2.45, 2.75) is 62.1 Å². The third-order valence-electron chi connectivity index (χ3n) is 4.85. The lowest BCUT2D eigenvalue weighted by Gasteiger charge is -2.34. The average Bonchev–Trinajstić information content (AvgIpc) is 3.20. The zero-order valence-electron chi connectivity index (χ0n) is 17.3. The van der Waals surface area contributed by atoms with Crippen molar-refractivity contribution in [3.05, 3.63) is 36.3 Å². The number of rotatable bonds is 8. The molecule has 0 atom stereocenters. The number of thioether (sulfide) groups is 1. The molecule has 2 aromatic rings. The van der Waals surface area contributed by atoms with Gasteiger partial charge in [-0.1, -0.05) is 43.6 Å². The van der Waals surface area contributed by atoms with Crippen molar-refractivity contribution in [3.63, 3.8) is 0 Å². The zero-order valence-corrected chi connectivity index (χ0v) is 19.0. The highest BCUT2D eigenvalue weighted by atomic mass is 32.2. The fourth-order valence-corrected chi connectivity index (χ4v) is 5.31. The van der Waals surface area contributed by atoms with Gasteiger partial charge in [-0.25, -0.2) is 9.78 Å². The summed E-state index contributed by atoms with van der Waals surface area (Å²) in [5.74, 6) is 1.01. The van der Waals surface area contributed by atoms with E-state index in [1.807, 2.05) is 23.4 Å². The predicted molar refractivity (Wildman–Crippen MR) is 122 cm³/mol. The van der Waals surface area contributed by atoms with E-state index in [9.17, 15) is 4.79 Å². The molecular weight excluding hydrogens is 420 g/mol. The first-order chi connectivity index (χ1) is 14.7. The molecule has 1 saturated carbocycles. The maximum atomic E-state index is 13.0. The number of carboxylic acid groups (broad SMARTS) is 1. The molecule has 30 heavy (non-hydrogen) atoms. The summed E-state index contributed by atoms with van der Waals surface area (Å²) in [7, 11) is 0. The predicted octanol–water partition coefficient (Wildman–Crippen LogP) is 5.15. The normalized spacial score (nSPS) is 13.8. The lowest BCUT2D eigenvalue weighted by Crippen LogP contribution is -2.44. The van der Waals surface area contributed by atoms with E-state index in [4.69, 9.17) is 9.90 Å². The summed E-state index contributed by atoms with van der Waals surface area (Å²) in [5.41, 5.74) is 1.22. The first-order valence-electron chi connectivity index (χ1n) is 10.3. The summed E-state index contributed by atoms with van der Waals surface area (Å²) in [5, 5.41) is 10.6. The molecule has 2 N–H and O–H groups in total. The lowest BCUT2D eigenvalue weighted by atomic mass is 9.94. The van der Waals surface area contributed by atoms with Gasteiger partial charge in [0, 0.05) is 25.0 Å². The van der Waals surface area contributed by atoms with Crippen molar-refractivity contribution in [2.75, 3.05) is 17.6 Å². The Morgan fingerprint density at radius 2 is 2.13 bits per heavy atom. The molecular formula is C21H30N4O3S2. The second-order valence-electron chi connectivity index (χ2n) is 6.90. The van der Waals surface area contributed by atoms with Gasteiger partial charge in [-0.15, -0.1) is 11.8 Å². The van der Waals surface area contributed by atoms with Crippen molar-refractivity contribution in [3.8, 4) is 0 Å². The highest BCUT2D eigenvalue weighted by molar-refractivity contribution is 8.01. The van der Waals surface area contributed by atoms with Crippen molar-refractivity contribution >= 4 is 40.7 Å². The summed E-state index contributed by atoms with van der Waals surface area (Å²) in [4.78, 5) is 31.9. The maximum absolute atomic E-state index is 13.0. The number of nitrogens with zero attached hydrogens (tertiary/aromatic N) is 3. The molecule has 0 aliphatic heterocycles. The topological polar surface area (TPSA) is 95.4 Å². The van der Waals surface area contributed by atoms with E-state index >= 15 is 0 Å². The van der Waals surface area contributed by atoms with Gasteiger partial charge in [-0.05, 0) is 43.1 Å². The number of nitrogens with one attached hydrogen (secondary N) is 1. The van der Waals surface area contributed by atoms with E-state index in [0.717, 1.165) is 42.2 Å². The third kappa shape index (κ3) is 8.31. The Labute approximate surface area is 186 Å². The number of aromatic nitrogens is 2. The van der Waals surface area contributed by atoms with Crippen molar-refractivity contribution in [1.82, 2.24) is 14.9 Å². The summed E-state index contributed by atoms with van der Waals surface area (Å²) in [6.07, 6.45) is 13.4. The van der Waals surface area contributed by atoms with Crippen LogP contribution in [0.25, 0.3) is 0 Å². The van der Waals surface area contributed by atoms with Crippen LogP contribution in [0.5, 0.6) is 0 Å². The molecule has 1 aliphatic rings. The minimum atomic E-state index is -0.250. The van der Waals surface area contributed by atoms with Crippen LogP contribution in [-0.4, -0.2) is 50.8 Å². The number of carbonyl (C=O) groups excluding carboxylic acids is 1. The SMILES string of the molecule is CCSc1cnc(NC(=O)N(CCCc2cccnc2)C2CCCCC2)s1.O=CO. The van der Waals surface area contributed by atoms with Gasteiger partial charge in [0.15, 0.2) is 5.13 Å². The van der Waals surface area contributed by atoms with Crippen LogP contribution in [0.4, 0.5) is 9.93 Å². The number of hydrogen-bond acceptors (Lipinski definition) is 6.